The molecule has 0 fully saturated rings. The number of hydrogen-bond donors (Lipinski definition) is 1. The number of nitrogens with two attached hydrogens (primary N) is 1. The lowest BCUT2D eigenvalue weighted by atomic mass is 10.3. The van der Waals surface area contributed by atoms with Gasteiger partial charge in [-0.05, 0) is 6.07 Å². The van der Waals surface area contributed by atoms with E-state index in [-0.39, 0.29) is 0 Å². The van der Waals surface area contributed by atoms with E-state index in [2.05, 4.69) is 10.1 Å². The second-order valence-corrected chi connectivity index (χ2v) is 2.97. The molecular formula is C8H7ClN4. The van der Waals surface area contributed by atoms with Gasteiger partial charge in [-0.3, -0.25) is 4.98 Å². The van der Waals surface area contributed by atoms with Crippen molar-refractivity contribution in [2.75, 3.05) is 5.73 Å². The van der Waals surface area contributed by atoms with Gasteiger partial charge < -0.3 is 5.73 Å². The summed E-state index contributed by atoms with van der Waals surface area (Å²) in [6.07, 6.45) is 6.47. The Morgan fingerprint density at radius 3 is 2.85 bits per heavy atom. The van der Waals surface area contributed by atoms with Crippen LogP contribution in [0.2, 0.25) is 5.02 Å². The van der Waals surface area contributed by atoms with Crippen molar-refractivity contribution in [2.45, 2.75) is 0 Å². The SMILES string of the molecule is Nc1cnccc1-n1cc(Cl)cn1. The molecule has 2 N–H and O–H groups in total. The second-order valence-electron chi connectivity index (χ2n) is 2.54. The molecule has 0 atom stereocenters. The average molecular weight is 195 g/mol. The molecule has 0 bridgehead atoms. The first-order valence-electron chi connectivity index (χ1n) is 3.67. The lowest BCUT2D eigenvalue weighted by molar-refractivity contribution is 0.880. The number of nitrogen functional groups attached to an aromatic ring is 1. The number of aromatic nitrogens is 3. The van der Waals surface area contributed by atoms with Gasteiger partial charge in [0.15, 0.2) is 0 Å². The van der Waals surface area contributed by atoms with E-state index in [1.54, 1.807) is 35.5 Å². The van der Waals surface area contributed by atoms with Crippen LogP contribution in [0.3, 0.4) is 0 Å². The van der Waals surface area contributed by atoms with Crippen LogP contribution in [0.25, 0.3) is 5.69 Å². The molecule has 4 nitrogen and oxygen atoms in total. The van der Waals surface area contributed by atoms with Crippen LogP contribution in [0, 0.1) is 0 Å². The second kappa shape index (κ2) is 3.06. The van der Waals surface area contributed by atoms with Crippen molar-refractivity contribution in [1.82, 2.24) is 14.8 Å². The Morgan fingerprint density at radius 2 is 2.23 bits per heavy atom. The molecule has 13 heavy (non-hydrogen) atoms. The Bertz CT molecular complexity index is 424. The van der Waals surface area contributed by atoms with Gasteiger partial charge >= 0.3 is 0 Å². The van der Waals surface area contributed by atoms with Crippen molar-refractivity contribution in [2.24, 2.45) is 0 Å². The summed E-state index contributed by atoms with van der Waals surface area (Å²) in [5.74, 6) is 0. The summed E-state index contributed by atoms with van der Waals surface area (Å²) < 4.78 is 1.61. The fourth-order valence-corrected chi connectivity index (χ4v) is 1.18. The van der Waals surface area contributed by atoms with E-state index < -0.39 is 0 Å². The summed E-state index contributed by atoms with van der Waals surface area (Å²) >= 11 is 5.72. The normalized spacial score (nSPS) is 10.2. The molecule has 0 aromatic carbocycles. The van der Waals surface area contributed by atoms with Gasteiger partial charge in [0.05, 0.1) is 28.8 Å². The molecule has 0 unspecified atom stereocenters. The summed E-state index contributed by atoms with van der Waals surface area (Å²) in [4.78, 5) is 3.88. The molecule has 2 aromatic heterocycles. The van der Waals surface area contributed by atoms with Gasteiger partial charge in [0.25, 0.3) is 0 Å². The third-order valence-corrected chi connectivity index (χ3v) is 1.82. The van der Waals surface area contributed by atoms with E-state index in [4.69, 9.17) is 17.3 Å². The van der Waals surface area contributed by atoms with Crippen LogP contribution in [-0.2, 0) is 0 Å². The number of halogens is 1. The van der Waals surface area contributed by atoms with Gasteiger partial charge in [0, 0.05) is 12.4 Å². The molecule has 0 aliphatic rings. The highest BCUT2D eigenvalue weighted by Crippen LogP contribution is 2.16. The van der Waals surface area contributed by atoms with Crippen molar-refractivity contribution in [3.63, 3.8) is 0 Å². The molecule has 2 rings (SSSR count). The highest BCUT2D eigenvalue weighted by Gasteiger charge is 2.01. The molecule has 0 aliphatic carbocycles. The van der Waals surface area contributed by atoms with Crippen molar-refractivity contribution < 1.29 is 0 Å². The van der Waals surface area contributed by atoms with E-state index in [1.165, 1.54) is 0 Å². The number of nitrogens with zero attached hydrogens (tertiary/aromatic N) is 3. The van der Waals surface area contributed by atoms with Crippen molar-refractivity contribution >= 4 is 17.3 Å². The maximum atomic E-state index is 5.72. The zero-order valence-corrected chi connectivity index (χ0v) is 7.44. The van der Waals surface area contributed by atoms with Crippen molar-refractivity contribution in [3.8, 4) is 5.69 Å². The van der Waals surface area contributed by atoms with Gasteiger partial charge in [0.2, 0.25) is 0 Å². The summed E-state index contributed by atoms with van der Waals surface area (Å²) in [7, 11) is 0. The number of rotatable bonds is 1. The molecule has 0 saturated heterocycles. The highest BCUT2D eigenvalue weighted by molar-refractivity contribution is 6.30. The topological polar surface area (TPSA) is 56.7 Å². The van der Waals surface area contributed by atoms with E-state index in [0.29, 0.717) is 10.7 Å². The Hall–Kier alpha value is -1.55. The lowest BCUT2D eigenvalue weighted by Crippen LogP contribution is -1.99. The number of pyridine rings is 1. The van der Waals surface area contributed by atoms with Crippen molar-refractivity contribution in [1.29, 1.82) is 0 Å². The third-order valence-electron chi connectivity index (χ3n) is 1.63. The molecule has 66 valence electrons. The van der Waals surface area contributed by atoms with E-state index >= 15 is 0 Å². The molecule has 0 amide bonds. The first-order chi connectivity index (χ1) is 6.27. The summed E-state index contributed by atoms with van der Waals surface area (Å²) in [5.41, 5.74) is 7.05. The highest BCUT2D eigenvalue weighted by atomic mass is 35.5. The van der Waals surface area contributed by atoms with Crippen LogP contribution in [0.15, 0.2) is 30.9 Å². The Labute approximate surface area is 80.0 Å². The van der Waals surface area contributed by atoms with Gasteiger partial charge in [-0.15, -0.1) is 0 Å². The molecule has 5 heteroatoms. The van der Waals surface area contributed by atoms with Gasteiger partial charge in [0.1, 0.15) is 0 Å². The Balaban J connectivity index is 2.52. The predicted octanol–water partition coefficient (Wildman–Crippen LogP) is 1.50. The smallest absolute Gasteiger partial charge is 0.0906 e. The number of hydrogen-bond acceptors (Lipinski definition) is 3. The van der Waals surface area contributed by atoms with Crippen LogP contribution in [0.5, 0.6) is 0 Å². The summed E-state index contributed by atoms with van der Waals surface area (Å²) in [5, 5.41) is 4.60. The van der Waals surface area contributed by atoms with Gasteiger partial charge in [-0.25, -0.2) is 4.68 Å². The van der Waals surface area contributed by atoms with Crippen LogP contribution >= 0.6 is 11.6 Å². The van der Waals surface area contributed by atoms with Crippen LogP contribution in [-0.4, -0.2) is 14.8 Å². The minimum Gasteiger partial charge on any atom is -0.396 e. The van der Waals surface area contributed by atoms with Crippen molar-refractivity contribution in [3.05, 3.63) is 35.9 Å². The first-order valence-corrected chi connectivity index (χ1v) is 4.05. The van der Waals surface area contributed by atoms with Crippen LogP contribution in [0.4, 0.5) is 5.69 Å². The zero-order chi connectivity index (χ0) is 9.26. The average Bonchev–Trinajstić information content (AvgIpc) is 2.53. The maximum absolute atomic E-state index is 5.72. The van der Waals surface area contributed by atoms with Gasteiger partial charge in [-0.1, -0.05) is 11.6 Å². The molecule has 2 heterocycles. The minimum atomic E-state index is 0.572. The maximum Gasteiger partial charge on any atom is 0.0906 e. The third kappa shape index (κ3) is 1.48. The largest absolute Gasteiger partial charge is 0.396 e. The summed E-state index contributed by atoms with van der Waals surface area (Å²) in [6, 6.07) is 1.78. The van der Waals surface area contributed by atoms with Crippen LogP contribution < -0.4 is 5.73 Å². The lowest BCUT2D eigenvalue weighted by Gasteiger charge is -2.02. The van der Waals surface area contributed by atoms with E-state index in [9.17, 15) is 0 Å². The minimum absolute atomic E-state index is 0.572. The molecule has 0 saturated carbocycles. The Kier molecular flexibility index (Phi) is 1.90. The monoisotopic (exact) mass is 194 g/mol. The summed E-state index contributed by atoms with van der Waals surface area (Å²) in [6.45, 7) is 0. The van der Waals surface area contributed by atoms with Crippen LogP contribution in [0.1, 0.15) is 0 Å². The quantitative estimate of drug-likeness (QED) is 0.749. The standard InChI is InChI=1S/C8H7ClN4/c9-6-3-12-13(5-6)8-1-2-11-4-7(8)10/h1-5H,10H2. The Morgan fingerprint density at radius 1 is 1.38 bits per heavy atom. The van der Waals surface area contributed by atoms with E-state index in [0.717, 1.165) is 5.69 Å². The fraction of sp³-hybridized carbons (Fsp3) is 0. The van der Waals surface area contributed by atoms with E-state index in [1.807, 2.05) is 0 Å². The molecule has 0 radical (unpaired) electrons. The first kappa shape index (κ1) is 8.07. The van der Waals surface area contributed by atoms with Gasteiger partial charge in [-0.2, -0.15) is 5.10 Å². The predicted molar refractivity (Wildman–Crippen MR) is 50.8 cm³/mol. The number of anilines is 1. The molecular weight excluding hydrogens is 188 g/mol. The molecule has 2 aromatic rings. The molecule has 0 aliphatic heterocycles. The fourth-order valence-electron chi connectivity index (χ4n) is 1.04. The zero-order valence-electron chi connectivity index (χ0n) is 6.68. The molecule has 0 spiro atoms.